The van der Waals surface area contributed by atoms with Crippen LogP contribution in [0.15, 0.2) is 36.5 Å². The van der Waals surface area contributed by atoms with Crippen molar-refractivity contribution in [2.75, 3.05) is 38.0 Å². The molecule has 2 heterocycles. The minimum absolute atomic E-state index is 0.0145. The third-order valence-electron chi connectivity index (χ3n) is 5.83. The van der Waals surface area contributed by atoms with Gasteiger partial charge < -0.3 is 40.7 Å². The minimum Gasteiger partial charge on any atom is -0.494 e. The average molecular weight is 571 g/mol. The lowest BCUT2D eigenvalue weighted by atomic mass is 10.1. The van der Waals surface area contributed by atoms with E-state index in [1.807, 2.05) is 0 Å². The van der Waals surface area contributed by atoms with E-state index in [1.54, 1.807) is 40.5 Å². The van der Waals surface area contributed by atoms with E-state index < -0.39 is 17.7 Å². The van der Waals surface area contributed by atoms with E-state index in [0.29, 0.717) is 35.8 Å². The maximum atomic E-state index is 12.6. The number of benzene rings is 1. The summed E-state index contributed by atoms with van der Waals surface area (Å²) in [5, 5.41) is 49.8. The molecule has 1 aliphatic rings. The molecule has 1 fully saturated rings. The fourth-order valence-electron chi connectivity index (χ4n) is 3.83. The van der Waals surface area contributed by atoms with Gasteiger partial charge in [-0.2, -0.15) is 5.10 Å². The van der Waals surface area contributed by atoms with Gasteiger partial charge in [0.05, 0.1) is 30.7 Å². The summed E-state index contributed by atoms with van der Waals surface area (Å²) in [5.41, 5.74) is 1.12. The van der Waals surface area contributed by atoms with Gasteiger partial charge in [0.15, 0.2) is 17.3 Å². The summed E-state index contributed by atoms with van der Waals surface area (Å²) in [4.78, 5) is 36.5. The maximum Gasteiger partial charge on any atom is 0.369 e. The number of aromatic nitrogens is 4. The van der Waals surface area contributed by atoms with Crippen molar-refractivity contribution in [1.29, 1.82) is 0 Å². The maximum absolute atomic E-state index is 12.6. The first-order valence-corrected chi connectivity index (χ1v) is 12.5. The van der Waals surface area contributed by atoms with Crippen molar-refractivity contribution >= 4 is 34.9 Å². The highest BCUT2D eigenvalue weighted by Crippen LogP contribution is 2.38. The molecular formula is C25H30N8O8. The molecule has 218 valence electrons. The topological polar surface area (TPSA) is 222 Å². The quantitative estimate of drug-likeness (QED) is 0.130. The number of para-hydroxylation sites is 1. The number of nitrogens with one attached hydrogen (secondary N) is 4. The van der Waals surface area contributed by atoms with E-state index in [1.165, 1.54) is 20.3 Å². The van der Waals surface area contributed by atoms with Gasteiger partial charge in [-0.1, -0.05) is 6.07 Å². The second-order valence-corrected chi connectivity index (χ2v) is 9.10. The molecule has 16 nitrogen and oxygen atoms in total. The van der Waals surface area contributed by atoms with Crippen molar-refractivity contribution in [3.63, 3.8) is 0 Å². The molecule has 0 unspecified atom stereocenters. The zero-order chi connectivity index (χ0) is 29.6. The smallest absolute Gasteiger partial charge is 0.369 e. The van der Waals surface area contributed by atoms with Crippen LogP contribution in [0.25, 0.3) is 11.3 Å². The van der Waals surface area contributed by atoms with Crippen LogP contribution < -0.4 is 26.0 Å². The van der Waals surface area contributed by atoms with Gasteiger partial charge in [0, 0.05) is 37.4 Å². The van der Waals surface area contributed by atoms with Crippen LogP contribution in [-0.2, 0) is 20.9 Å². The molecule has 0 saturated heterocycles. The Kier molecular flexibility index (Phi) is 9.08. The molecule has 0 spiro atoms. The molecule has 1 aliphatic carbocycles. The SMILES string of the molecule is COCC(=O)NCCn1ccc(-c2cccc(Nc3cc(NC(=O)C4CC4)nnc3C(=O)NC(O)(O)O)c2OC)n1. The molecule has 16 heteroatoms. The Morgan fingerprint density at radius 3 is 2.56 bits per heavy atom. The second-order valence-electron chi connectivity index (χ2n) is 9.10. The van der Waals surface area contributed by atoms with Gasteiger partial charge in [0.1, 0.15) is 6.61 Å². The number of anilines is 3. The normalized spacial score (nSPS) is 12.9. The molecule has 0 radical (unpaired) electrons. The van der Waals surface area contributed by atoms with Crippen LogP contribution in [0.4, 0.5) is 17.2 Å². The lowest BCUT2D eigenvalue weighted by molar-refractivity contribution is -0.323. The largest absolute Gasteiger partial charge is 0.494 e. The summed E-state index contributed by atoms with van der Waals surface area (Å²) in [6, 6.07) is 8.25. The lowest BCUT2D eigenvalue weighted by Crippen LogP contribution is -2.48. The Balaban J connectivity index is 1.60. The van der Waals surface area contributed by atoms with Crippen molar-refractivity contribution in [2.45, 2.75) is 25.5 Å². The van der Waals surface area contributed by atoms with Crippen molar-refractivity contribution in [2.24, 2.45) is 5.92 Å². The second kappa shape index (κ2) is 12.7. The van der Waals surface area contributed by atoms with Crippen LogP contribution in [-0.4, -0.2) is 86.5 Å². The third kappa shape index (κ3) is 7.95. The van der Waals surface area contributed by atoms with E-state index >= 15 is 0 Å². The van der Waals surface area contributed by atoms with Gasteiger partial charge in [-0.05, 0) is 31.0 Å². The van der Waals surface area contributed by atoms with Gasteiger partial charge >= 0.3 is 6.10 Å². The van der Waals surface area contributed by atoms with Crippen LogP contribution in [0.2, 0.25) is 0 Å². The number of aliphatic hydroxyl groups is 3. The van der Waals surface area contributed by atoms with Gasteiger partial charge in [-0.25, -0.2) is 0 Å². The zero-order valence-corrected chi connectivity index (χ0v) is 22.2. The van der Waals surface area contributed by atoms with Gasteiger partial charge in [0.25, 0.3) is 5.91 Å². The monoisotopic (exact) mass is 570 g/mol. The van der Waals surface area contributed by atoms with Crippen molar-refractivity contribution < 1.29 is 39.2 Å². The van der Waals surface area contributed by atoms with Gasteiger partial charge in [-0.3, -0.25) is 24.4 Å². The van der Waals surface area contributed by atoms with Crippen molar-refractivity contribution in [3.8, 4) is 17.0 Å². The fraction of sp³-hybridized carbons (Fsp3) is 0.360. The molecule has 7 N–H and O–H groups in total. The highest BCUT2D eigenvalue weighted by Gasteiger charge is 2.31. The Morgan fingerprint density at radius 2 is 1.88 bits per heavy atom. The molecule has 0 bridgehead atoms. The molecule has 3 aromatic rings. The number of carbonyl (C=O) groups is 3. The number of hydrogen-bond acceptors (Lipinski definition) is 12. The summed E-state index contributed by atoms with van der Waals surface area (Å²) in [6.07, 6.45) is -0.235. The first-order valence-electron chi connectivity index (χ1n) is 12.5. The van der Waals surface area contributed by atoms with E-state index in [4.69, 9.17) is 9.47 Å². The predicted molar refractivity (Wildman–Crippen MR) is 143 cm³/mol. The van der Waals surface area contributed by atoms with E-state index in [9.17, 15) is 29.7 Å². The van der Waals surface area contributed by atoms with Crippen LogP contribution in [0.5, 0.6) is 5.75 Å². The third-order valence-corrected chi connectivity index (χ3v) is 5.83. The van der Waals surface area contributed by atoms with Crippen molar-refractivity contribution in [3.05, 3.63) is 42.2 Å². The molecule has 41 heavy (non-hydrogen) atoms. The Morgan fingerprint density at radius 1 is 1.10 bits per heavy atom. The van der Waals surface area contributed by atoms with E-state index in [-0.39, 0.29) is 35.8 Å². The van der Waals surface area contributed by atoms with E-state index in [2.05, 4.69) is 31.2 Å². The number of carbonyl (C=O) groups excluding carboxylic acids is 3. The zero-order valence-electron chi connectivity index (χ0n) is 22.2. The molecule has 4 rings (SSSR count). The predicted octanol–water partition coefficient (Wildman–Crippen LogP) is -0.479. The first kappa shape index (κ1) is 29.3. The standard InChI is InChI=1S/C25H30N8O8/c1-40-13-20(34)26-9-11-33-10-8-16(32-33)15-4-3-5-17(22(15)41-2)27-18-12-19(28-23(35)14-6-7-14)30-31-21(18)24(36)29-25(37,38)39/h3-5,8,10,12,14,37-39H,6-7,9,11,13H2,1-2H3,(H,26,34)(H,29,36)(H2,27,28,30,35). The Hall–Kier alpha value is -4.64. The van der Waals surface area contributed by atoms with Crippen LogP contribution in [0.3, 0.4) is 0 Å². The number of rotatable bonds is 13. The van der Waals surface area contributed by atoms with Crippen LogP contribution in [0.1, 0.15) is 23.3 Å². The fourth-order valence-corrected chi connectivity index (χ4v) is 3.83. The number of methoxy groups -OCH3 is 2. The molecule has 1 saturated carbocycles. The first-order chi connectivity index (χ1) is 19.6. The van der Waals surface area contributed by atoms with Gasteiger partial charge in [-0.15, -0.1) is 10.2 Å². The number of nitrogens with zero attached hydrogens (tertiary/aromatic N) is 4. The summed E-state index contributed by atoms with van der Waals surface area (Å²) in [6.45, 7) is 0.722. The Bertz CT molecular complexity index is 1420. The van der Waals surface area contributed by atoms with Crippen molar-refractivity contribution in [1.82, 2.24) is 30.6 Å². The molecule has 0 atom stereocenters. The summed E-state index contributed by atoms with van der Waals surface area (Å²) in [5.74, 6) is -1.37. The number of ether oxygens (including phenoxy) is 2. The average Bonchev–Trinajstić information content (AvgIpc) is 3.66. The molecule has 3 amide bonds. The molecule has 0 aliphatic heterocycles. The Labute approximate surface area is 233 Å². The summed E-state index contributed by atoms with van der Waals surface area (Å²) >= 11 is 0. The highest BCUT2D eigenvalue weighted by atomic mass is 16.7. The molecule has 1 aromatic carbocycles. The van der Waals surface area contributed by atoms with E-state index in [0.717, 1.165) is 12.8 Å². The minimum atomic E-state index is -3.50. The number of amides is 3. The summed E-state index contributed by atoms with van der Waals surface area (Å²) in [7, 11) is 2.88. The summed E-state index contributed by atoms with van der Waals surface area (Å²) < 4.78 is 12.1. The molecular weight excluding hydrogens is 540 g/mol. The van der Waals surface area contributed by atoms with Crippen LogP contribution in [0, 0.1) is 5.92 Å². The number of hydrogen-bond donors (Lipinski definition) is 7. The van der Waals surface area contributed by atoms with Crippen LogP contribution >= 0.6 is 0 Å². The molecule has 2 aromatic heterocycles. The lowest BCUT2D eigenvalue weighted by Gasteiger charge is -2.18. The highest BCUT2D eigenvalue weighted by molar-refractivity contribution is 6.00. The van der Waals surface area contributed by atoms with Gasteiger partial charge in [0.2, 0.25) is 11.8 Å².